The monoisotopic (exact) mass is 758 g/mol. The van der Waals surface area contributed by atoms with E-state index in [-0.39, 0.29) is 25.3 Å². The second-order valence-electron chi connectivity index (χ2n) is 14.3. The van der Waals surface area contributed by atoms with Gasteiger partial charge in [0.2, 0.25) is 35.0 Å². The molecule has 1 fully saturated rings. The Morgan fingerprint density at radius 1 is 0.925 bits per heavy atom. The van der Waals surface area contributed by atoms with Crippen molar-refractivity contribution in [1.82, 2.24) is 30.9 Å². The first-order valence-corrected chi connectivity index (χ1v) is 17.2. The lowest BCUT2D eigenvalue weighted by molar-refractivity contribution is -0.244. The predicted molar refractivity (Wildman–Crippen MR) is 183 cm³/mol. The normalized spacial score (nSPS) is 16.3. The van der Waals surface area contributed by atoms with Gasteiger partial charge in [-0.1, -0.05) is 62.5 Å². The number of hydrogen-bond acceptors (Lipinski definition) is 8. The van der Waals surface area contributed by atoms with Crippen LogP contribution < -0.4 is 16.0 Å². The molecule has 0 aliphatic carbocycles. The molecule has 2 rings (SSSR count). The summed E-state index contributed by atoms with van der Waals surface area (Å²) in [6, 6.07) is 2.74. The highest BCUT2D eigenvalue weighted by molar-refractivity contribution is 6.38. The van der Waals surface area contributed by atoms with Gasteiger partial charge in [-0.15, -0.1) is 0 Å². The van der Waals surface area contributed by atoms with Crippen molar-refractivity contribution in [2.24, 2.45) is 11.8 Å². The number of carbonyl (C=O) groups excluding carboxylic acids is 7. The van der Waals surface area contributed by atoms with E-state index in [0.717, 1.165) is 4.90 Å². The molecule has 1 saturated heterocycles. The molecule has 53 heavy (non-hydrogen) atoms. The number of alkyl carbamates (subject to hydrolysis) is 1. The van der Waals surface area contributed by atoms with E-state index in [4.69, 9.17) is 0 Å². The van der Waals surface area contributed by atoms with Gasteiger partial charge in [-0.25, -0.2) is 4.79 Å². The molecule has 296 valence electrons. The number of benzene rings is 1. The molecule has 0 saturated carbocycles. The highest BCUT2D eigenvalue weighted by Gasteiger charge is 2.51. The van der Waals surface area contributed by atoms with E-state index >= 15 is 4.48 Å². The first-order chi connectivity index (χ1) is 24.5. The number of ether oxygens (including phenoxy) is 1. The van der Waals surface area contributed by atoms with Crippen molar-refractivity contribution in [2.45, 2.75) is 103 Å². The van der Waals surface area contributed by atoms with Crippen LogP contribution in [0.4, 0.5) is 22.4 Å². The number of rotatable bonds is 16. The van der Waals surface area contributed by atoms with Crippen LogP contribution in [0.1, 0.15) is 78.8 Å². The van der Waals surface area contributed by atoms with Crippen LogP contribution in [-0.2, 0) is 33.5 Å². The molecule has 0 spiro atoms. The summed E-state index contributed by atoms with van der Waals surface area (Å²) < 4.78 is 59.5. The molecule has 0 radical (unpaired) electrons. The summed E-state index contributed by atoms with van der Waals surface area (Å²) in [5.41, 5.74) is -2.47. The molecule has 1 heterocycles. The Labute approximate surface area is 306 Å². The maximum atomic E-state index is 15.1. The highest BCUT2D eigenvalue weighted by Crippen LogP contribution is 2.33. The van der Waals surface area contributed by atoms with Crippen molar-refractivity contribution in [1.29, 1.82) is 0 Å². The van der Waals surface area contributed by atoms with Crippen molar-refractivity contribution in [3.8, 4) is 0 Å². The number of likely N-dealkylation sites (N-methyl/N-ethyl adjacent to an activating group) is 1. The second kappa shape index (κ2) is 18.8. The van der Waals surface area contributed by atoms with E-state index in [0.29, 0.717) is 32.3 Å². The van der Waals surface area contributed by atoms with E-state index in [1.165, 1.54) is 32.8 Å². The van der Waals surface area contributed by atoms with Gasteiger partial charge in [0.25, 0.3) is 0 Å². The van der Waals surface area contributed by atoms with Crippen LogP contribution in [-0.4, -0.2) is 113 Å². The molecule has 0 bridgehead atoms. The van der Waals surface area contributed by atoms with Crippen molar-refractivity contribution in [2.75, 3.05) is 27.2 Å². The van der Waals surface area contributed by atoms with Gasteiger partial charge in [0.1, 0.15) is 24.7 Å². The molecule has 4 atom stereocenters. The van der Waals surface area contributed by atoms with Crippen LogP contribution in [0, 0.1) is 11.8 Å². The molecule has 6 amide bonds. The molecule has 0 aromatic heterocycles. The number of carbonyl (C=O) groups is 7. The third-order valence-electron chi connectivity index (χ3n) is 8.58. The third-order valence-corrected chi connectivity index (χ3v) is 8.58. The van der Waals surface area contributed by atoms with Gasteiger partial charge in [-0.05, 0) is 56.9 Å². The van der Waals surface area contributed by atoms with Crippen molar-refractivity contribution >= 4 is 41.4 Å². The lowest BCUT2D eigenvalue weighted by Gasteiger charge is -2.32. The lowest BCUT2D eigenvalue weighted by atomic mass is 9.99. The molecule has 1 aromatic carbocycles. The van der Waals surface area contributed by atoms with Crippen molar-refractivity contribution < 1.29 is 56.0 Å². The van der Waals surface area contributed by atoms with Gasteiger partial charge >= 0.3 is 18.2 Å². The number of likely N-dealkylation sites (tertiary alicyclic amines) is 1. The zero-order valence-electron chi connectivity index (χ0n) is 31.2. The zero-order valence-corrected chi connectivity index (χ0v) is 31.2. The number of amides is 6. The fraction of sp³-hybridized carbons (Fsp3) is 0.629. The number of Topliss-reactive ketones (excluding diaryl/α,β-unsaturated/α-hetero) is 1. The van der Waals surface area contributed by atoms with Crippen LogP contribution in [0.15, 0.2) is 30.3 Å². The molecule has 18 heteroatoms. The molecule has 14 nitrogen and oxygen atoms in total. The SMILES string of the molecule is CC(C)CCC(NC(=O)C1CCCN1C(=O)C(NC(=O)OC(C)(C)C(F)(F)F)C(C)C)C(=O)C(=O)N(F)CC(=O)NC(C(=O)N(C)C)c1ccccc1. The molecular weight excluding hydrogens is 708 g/mol. The predicted octanol–water partition coefficient (Wildman–Crippen LogP) is 3.22. The fourth-order valence-corrected chi connectivity index (χ4v) is 5.34. The topological polar surface area (TPSA) is 175 Å². The minimum absolute atomic E-state index is 0.0155. The Morgan fingerprint density at radius 2 is 1.53 bits per heavy atom. The Balaban J connectivity index is 2.19. The molecule has 4 unspecified atom stereocenters. The van der Waals surface area contributed by atoms with Gasteiger partial charge in [-0.3, -0.25) is 28.8 Å². The van der Waals surface area contributed by atoms with Gasteiger partial charge in [0.05, 0.1) is 6.04 Å². The molecule has 3 N–H and O–H groups in total. The van der Waals surface area contributed by atoms with Gasteiger partial charge in [0, 0.05) is 20.6 Å². The Hall–Kier alpha value is -4.77. The van der Waals surface area contributed by atoms with Crippen molar-refractivity contribution in [3.05, 3.63) is 35.9 Å². The fourth-order valence-electron chi connectivity index (χ4n) is 5.34. The number of alkyl halides is 3. The summed E-state index contributed by atoms with van der Waals surface area (Å²) in [6.45, 7) is 6.76. The van der Waals surface area contributed by atoms with Crippen LogP contribution in [0.5, 0.6) is 0 Å². The summed E-state index contributed by atoms with van der Waals surface area (Å²) in [4.78, 5) is 93.8. The lowest BCUT2D eigenvalue weighted by Crippen LogP contribution is -2.58. The minimum Gasteiger partial charge on any atom is -0.434 e. The van der Waals surface area contributed by atoms with Crippen LogP contribution >= 0.6 is 0 Å². The van der Waals surface area contributed by atoms with Gasteiger partial charge < -0.3 is 30.5 Å². The summed E-state index contributed by atoms with van der Waals surface area (Å²) in [5, 5.41) is 6.37. The van der Waals surface area contributed by atoms with E-state index < -0.39 is 94.9 Å². The number of nitrogens with one attached hydrogen (secondary N) is 3. The average molecular weight is 759 g/mol. The largest absolute Gasteiger partial charge is 0.434 e. The summed E-state index contributed by atoms with van der Waals surface area (Å²) in [7, 11) is 2.92. The van der Waals surface area contributed by atoms with E-state index in [1.54, 1.807) is 30.3 Å². The van der Waals surface area contributed by atoms with Crippen LogP contribution in [0.3, 0.4) is 0 Å². The first kappa shape index (κ1) is 44.4. The number of nitrogens with zero attached hydrogens (tertiary/aromatic N) is 3. The number of ketones is 1. The summed E-state index contributed by atoms with van der Waals surface area (Å²) in [5.74, 6) is -7.03. The van der Waals surface area contributed by atoms with Crippen LogP contribution in [0.2, 0.25) is 0 Å². The number of hydrogen-bond donors (Lipinski definition) is 3. The second-order valence-corrected chi connectivity index (χ2v) is 14.3. The Kier molecular flexibility index (Phi) is 15.8. The summed E-state index contributed by atoms with van der Waals surface area (Å²) >= 11 is 0. The summed E-state index contributed by atoms with van der Waals surface area (Å²) in [6.07, 6.45) is -5.76. The maximum Gasteiger partial charge on any atom is 0.427 e. The Bertz CT molecular complexity index is 1490. The standard InChI is InChI=1S/C35H50F4N6O8/c1-20(2)16-17-23(28(47)32(51)45(39)19-25(46)41-27(30(49)43(7)8)22-13-10-9-11-14-22)40-29(48)24-15-12-18-44(24)31(50)26(21(3)4)42-33(52)53-34(5,6)35(36,37)38/h9-11,13-14,20-21,23-24,26-27H,12,15-19H2,1-8H3,(H,40,48)(H,41,46)(H,42,52). The van der Waals surface area contributed by atoms with E-state index in [9.17, 15) is 46.7 Å². The average Bonchev–Trinajstić information content (AvgIpc) is 3.56. The highest BCUT2D eigenvalue weighted by atomic mass is 19.4. The first-order valence-electron chi connectivity index (χ1n) is 17.2. The molecule has 1 aromatic rings. The maximum absolute atomic E-state index is 15.1. The smallest absolute Gasteiger partial charge is 0.427 e. The Morgan fingerprint density at radius 3 is 2.06 bits per heavy atom. The molecule has 1 aliphatic heterocycles. The number of halogens is 4. The molecular formula is C35H50F4N6O8. The minimum atomic E-state index is -4.89. The quantitative estimate of drug-likeness (QED) is 0.131. The van der Waals surface area contributed by atoms with Gasteiger partial charge in [-0.2, -0.15) is 18.3 Å². The van der Waals surface area contributed by atoms with Gasteiger partial charge in [0.15, 0.2) is 0 Å². The third kappa shape index (κ3) is 12.4. The van der Waals surface area contributed by atoms with Crippen molar-refractivity contribution in [3.63, 3.8) is 0 Å². The van der Waals surface area contributed by atoms with E-state index in [1.807, 2.05) is 13.8 Å². The van der Waals surface area contributed by atoms with Crippen LogP contribution in [0.25, 0.3) is 0 Å². The van der Waals surface area contributed by atoms with E-state index in [2.05, 4.69) is 20.7 Å². The zero-order chi connectivity index (χ0) is 40.4. The molecule has 1 aliphatic rings.